The highest BCUT2D eigenvalue weighted by atomic mass is 15.1. The van der Waals surface area contributed by atoms with Gasteiger partial charge in [0.05, 0.1) is 33.4 Å². The standard InChI is InChI=1S/C21H16N4/c1-15-10-11-20(24-13-22-16-6-2-4-8-18(16)24)21(12-15)25-14-23-17-7-3-5-9-19(17)25/h2-14H,1H3. The molecule has 2 aromatic heterocycles. The van der Waals surface area contributed by atoms with Crippen LogP contribution in [0.1, 0.15) is 5.56 Å². The lowest BCUT2D eigenvalue weighted by molar-refractivity contribution is 1.02. The monoisotopic (exact) mass is 324 g/mol. The SMILES string of the molecule is Cc1ccc(-n2cnc3ccccc32)c(-n2cnc3ccccc32)c1. The summed E-state index contributed by atoms with van der Waals surface area (Å²) in [6.07, 6.45) is 3.78. The molecule has 5 aromatic rings. The third-order valence-electron chi connectivity index (χ3n) is 4.56. The van der Waals surface area contributed by atoms with Gasteiger partial charge in [-0.25, -0.2) is 9.97 Å². The quantitative estimate of drug-likeness (QED) is 0.473. The molecule has 120 valence electrons. The molecule has 5 rings (SSSR count). The van der Waals surface area contributed by atoms with Gasteiger partial charge in [-0.1, -0.05) is 30.3 Å². The molecule has 0 aliphatic rings. The Bertz CT molecular complexity index is 1210. The molecule has 0 aliphatic carbocycles. The molecule has 25 heavy (non-hydrogen) atoms. The van der Waals surface area contributed by atoms with E-state index in [0.717, 1.165) is 33.4 Å². The van der Waals surface area contributed by atoms with Gasteiger partial charge in [0.1, 0.15) is 12.7 Å². The van der Waals surface area contributed by atoms with Crippen molar-refractivity contribution in [1.82, 2.24) is 19.1 Å². The summed E-state index contributed by atoms with van der Waals surface area (Å²) in [7, 11) is 0. The van der Waals surface area contributed by atoms with Crippen LogP contribution >= 0.6 is 0 Å². The van der Waals surface area contributed by atoms with Crippen LogP contribution in [-0.2, 0) is 0 Å². The maximum atomic E-state index is 4.55. The van der Waals surface area contributed by atoms with Crippen molar-refractivity contribution < 1.29 is 0 Å². The number of para-hydroxylation sites is 4. The van der Waals surface area contributed by atoms with Crippen molar-refractivity contribution in [1.29, 1.82) is 0 Å². The molecule has 0 unspecified atom stereocenters. The topological polar surface area (TPSA) is 35.6 Å². The van der Waals surface area contributed by atoms with Crippen molar-refractivity contribution in [2.45, 2.75) is 6.92 Å². The molecule has 0 spiro atoms. The smallest absolute Gasteiger partial charge is 0.100 e. The van der Waals surface area contributed by atoms with Crippen LogP contribution < -0.4 is 0 Å². The van der Waals surface area contributed by atoms with Gasteiger partial charge in [0.25, 0.3) is 0 Å². The molecule has 0 atom stereocenters. The zero-order chi connectivity index (χ0) is 16.8. The fourth-order valence-corrected chi connectivity index (χ4v) is 3.33. The van der Waals surface area contributed by atoms with E-state index in [1.807, 2.05) is 49.1 Å². The highest BCUT2D eigenvalue weighted by Crippen LogP contribution is 2.27. The van der Waals surface area contributed by atoms with Crippen LogP contribution in [0.25, 0.3) is 33.4 Å². The molecular weight excluding hydrogens is 308 g/mol. The van der Waals surface area contributed by atoms with Gasteiger partial charge in [-0.3, -0.25) is 9.13 Å². The number of nitrogens with zero attached hydrogens (tertiary/aromatic N) is 4. The van der Waals surface area contributed by atoms with Gasteiger partial charge in [0.2, 0.25) is 0 Å². The zero-order valence-corrected chi connectivity index (χ0v) is 13.8. The molecule has 0 saturated carbocycles. The molecule has 0 N–H and O–H groups in total. The van der Waals surface area contributed by atoms with Crippen molar-refractivity contribution in [2.75, 3.05) is 0 Å². The lowest BCUT2D eigenvalue weighted by Crippen LogP contribution is -2.02. The molecule has 0 radical (unpaired) electrons. The van der Waals surface area contributed by atoms with E-state index in [-0.39, 0.29) is 0 Å². The lowest BCUT2D eigenvalue weighted by atomic mass is 10.1. The van der Waals surface area contributed by atoms with E-state index >= 15 is 0 Å². The van der Waals surface area contributed by atoms with Crippen LogP contribution in [0.3, 0.4) is 0 Å². The Hall–Kier alpha value is -3.40. The van der Waals surface area contributed by atoms with E-state index in [0.29, 0.717) is 0 Å². The second kappa shape index (κ2) is 5.31. The zero-order valence-electron chi connectivity index (χ0n) is 13.8. The molecule has 3 aromatic carbocycles. The highest BCUT2D eigenvalue weighted by Gasteiger charge is 2.12. The number of hydrogen-bond donors (Lipinski definition) is 0. The van der Waals surface area contributed by atoms with Crippen LogP contribution in [0.2, 0.25) is 0 Å². The van der Waals surface area contributed by atoms with Crippen LogP contribution in [0.4, 0.5) is 0 Å². The van der Waals surface area contributed by atoms with E-state index in [1.165, 1.54) is 5.56 Å². The molecule has 0 fully saturated rings. The fourth-order valence-electron chi connectivity index (χ4n) is 3.33. The summed E-state index contributed by atoms with van der Waals surface area (Å²) >= 11 is 0. The van der Waals surface area contributed by atoms with Gasteiger partial charge in [0.15, 0.2) is 0 Å². The van der Waals surface area contributed by atoms with Crippen LogP contribution in [-0.4, -0.2) is 19.1 Å². The minimum absolute atomic E-state index is 0.990. The van der Waals surface area contributed by atoms with Crippen LogP contribution in [0.15, 0.2) is 79.4 Å². The second-order valence-electron chi connectivity index (χ2n) is 6.20. The first-order chi connectivity index (χ1) is 12.3. The Morgan fingerprint density at radius 1 is 0.640 bits per heavy atom. The number of imidazole rings is 2. The van der Waals surface area contributed by atoms with Crippen molar-refractivity contribution in [2.24, 2.45) is 0 Å². The summed E-state index contributed by atoms with van der Waals surface area (Å²) in [6, 6.07) is 22.8. The average molecular weight is 324 g/mol. The number of fused-ring (bicyclic) bond motifs is 2. The van der Waals surface area contributed by atoms with Gasteiger partial charge in [-0.2, -0.15) is 0 Å². The summed E-state index contributed by atoms with van der Waals surface area (Å²) < 4.78 is 4.28. The summed E-state index contributed by atoms with van der Waals surface area (Å²) in [5.41, 5.74) is 7.56. The normalized spacial score (nSPS) is 11.4. The molecule has 4 heteroatoms. The molecule has 0 bridgehead atoms. The van der Waals surface area contributed by atoms with Crippen molar-refractivity contribution in [3.8, 4) is 11.4 Å². The largest absolute Gasteiger partial charge is 0.297 e. The van der Waals surface area contributed by atoms with Gasteiger partial charge in [0, 0.05) is 0 Å². The van der Waals surface area contributed by atoms with Crippen molar-refractivity contribution in [3.05, 3.63) is 84.9 Å². The molecule has 4 nitrogen and oxygen atoms in total. The van der Waals surface area contributed by atoms with Crippen LogP contribution in [0.5, 0.6) is 0 Å². The van der Waals surface area contributed by atoms with E-state index in [2.05, 4.69) is 56.4 Å². The summed E-state index contributed by atoms with van der Waals surface area (Å²) in [6.45, 7) is 2.11. The summed E-state index contributed by atoms with van der Waals surface area (Å²) in [5.74, 6) is 0. The first-order valence-electron chi connectivity index (χ1n) is 8.27. The van der Waals surface area contributed by atoms with Gasteiger partial charge < -0.3 is 0 Å². The minimum Gasteiger partial charge on any atom is -0.297 e. The molecular formula is C21H16N4. The first kappa shape index (κ1) is 14.0. The number of rotatable bonds is 2. The minimum atomic E-state index is 0.990. The predicted molar refractivity (Wildman–Crippen MR) is 100 cm³/mol. The number of benzene rings is 3. The summed E-state index contributed by atoms with van der Waals surface area (Å²) in [5, 5.41) is 0. The maximum Gasteiger partial charge on any atom is 0.100 e. The first-order valence-corrected chi connectivity index (χ1v) is 8.27. The van der Waals surface area contributed by atoms with Gasteiger partial charge in [-0.15, -0.1) is 0 Å². The Balaban J connectivity index is 1.82. The highest BCUT2D eigenvalue weighted by molar-refractivity contribution is 5.81. The van der Waals surface area contributed by atoms with Crippen LogP contribution in [0, 0.1) is 6.92 Å². The number of hydrogen-bond acceptors (Lipinski definition) is 2. The Kier molecular flexibility index (Phi) is 2.97. The Morgan fingerprint density at radius 2 is 1.20 bits per heavy atom. The molecule has 0 saturated heterocycles. The van der Waals surface area contributed by atoms with Crippen molar-refractivity contribution >= 4 is 22.1 Å². The predicted octanol–water partition coefficient (Wildman–Crippen LogP) is 4.67. The second-order valence-corrected chi connectivity index (χ2v) is 6.20. The van der Waals surface area contributed by atoms with E-state index in [9.17, 15) is 0 Å². The third-order valence-corrected chi connectivity index (χ3v) is 4.56. The molecule has 2 heterocycles. The van der Waals surface area contributed by atoms with Gasteiger partial charge >= 0.3 is 0 Å². The van der Waals surface area contributed by atoms with Gasteiger partial charge in [-0.05, 0) is 48.9 Å². The fraction of sp³-hybridized carbons (Fsp3) is 0.0476. The average Bonchev–Trinajstić information content (AvgIpc) is 3.26. The summed E-state index contributed by atoms with van der Waals surface area (Å²) in [4.78, 5) is 9.09. The van der Waals surface area contributed by atoms with E-state index in [1.54, 1.807) is 0 Å². The third kappa shape index (κ3) is 2.15. The number of aromatic nitrogens is 4. The maximum absolute atomic E-state index is 4.55. The lowest BCUT2D eigenvalue weighted by Gasteiger charge is -2.14. The molecule has 0 amide bonds. The van der Waals surface area contributed by atoms with Crippen molar-refractivity contribution in [3.63, 3.8) is 0 Å². The van der Waals surface area contributed by atoms with E-state index < -0.39 is 0 Å². The number of aryl methyl sites for hydroxylation is 1. The molecule has 0 aliphatic heterocycles. The van der Waals surface area contributed by atoms with E-state index in [4.69, 9.17) is 0 Å². The Labute approximate surface area is 145 Å². The Morgan fingerprint density at radius 3 is 1.84 bits per heavy atom.